The predicted molar refractivity (Wildman–Crippen MR) is 87.3 cm³/mol. The van der Waals surface area contributed by atoms with Gasteiger partial charge in [-0.1, -0.05) is 48.9 Å². The average Bonchev–Trinajstić information content (AvgIpc) is 2.96. The summed E-state index contributed by atoms with van der Waals surface area (Å²) >= 11 is 6.16. The Kier molecular flexibility index (Phi) is 4.18. The van der Waals surface area contributed by atoms with E-state index in [9.17, 15) is 0 Å². The molecule has 3 heteroatoms. The van der Waals surface area contributed by atoms with Crippen molar-refractivity contribution in [3.8, 4) is 5.75 Å². The Hall–Kier alpha value is -1.51. The molecule has 0 aromatic heterocycles. The number of ether oxygens (including phenoxy) is 1. The molecule has 1 aliphatic heterocycles. The van der Waals surface area contributed by atoms with E-state index in [4.69, 9.17) is 16.3 Å². The Morgan fingerprint density at radius 2 is 2.14 bits per heavy atom. The number of hydrogen-bond donors (Lipinski definition) is 1. The van der Waals surface area contributed by atoms with Gasteiger partial charge in [-0.25, -0.2) is 0 Å². The van der Waals surface area contributed by atoms with Gasteiger partial charge in [-0.3, -0.25) is 0 Å². The molecule has 0 bridgehead atoms. The molecule has 0 radical (unpaired) electrons. The van der Waals surface area contributed by atoms with Gasteiger partial charge in [0.15, 0.2) is 0 Å². The lowest BCUT2D eigenvalue weighted by Crippen LogP contribution is -2.22. The molecule has 1 heterocycles. The van der Waals surface area contributed by atoms with Crippen molar-refractivity contribution in [2.45, 2.75) is 26.3 Å². The van der Waals surface area contributed by atoms with Crippen molar-refractivity contribution in [2.24, 2.45) is 0 Å². The molecule has 1 aliphatic rings. The summed E-state index contributed by atoms with van der Waals surface area (Å²) < 4.78 is 5.87. The van der Waals surface area contributed by atoms with E-state index >= 15 is 0 Å². The van der Waals surface area contributed by atoms with Crippen LogP contribution in [0.2, 0.25) is 5.02 Å². The van der Waals surface area contributed by atoms with Crippen molar-refractivity contribution in [1.29, 1.82) is 0 Å². The van der Waals surface area contributed by atoms with Crippen LogP contribution in [0.1, 0.15) is 35.2 Å². The second-order valence-corrected chi connectivity index (χ2v) is 5.84. The largest absolute Gasteiger partial charge is 0.493 e. The molecule has 0 aliphatic carbocycles. The molecule has 2 aromatic rings. The van der Waals surface area contributed by atoms with Crippen LogP contribution >= 0.6 is 11.6 Å². The Bertz CT molecular complexity index is 654. The molecule has 0 fully saturated rings. The Morgan fingerprint density at radius 3 is 2.90 bits per heavy atom. The van der Waals surface area contributed by atoms with Gasteiger partial charge in [-0.15, -0.1) is 0 Å². The minimum absolute atomic E-state index is 0.138. The van der Waals surface area contributed by atoms with Crippen LogP contribution in [-0.4, -0.2) is 13.2 Å². The van der Waals surface area contributed by atoms with E-state index in [1.165, 1.54) is 16.7 Å². The van der Waals surface area contributed by atoms with Crippen molar-refractivity contribution >= 4 is 11.6 Å². The Labute approximate surface area is 131 Å². The lowest BCUT2D eigenvalue weighted by Gasteiger charge is -2.22. The van der Waals surface area contributed by atoms with E-state index in [2.05, 4.69) is 42.6 Å². The molecular formula is C18H20ClNO. The first-order valence-electron chi connectivity index (χ1n) is 7.44. The van der Waals surface area contributed by atoms with E-state index in [0.717, 1.165) is 35.9 Å². The van der Waals surface area contributed by atoms with Crippen molar-refractivity contribution < 1.29 is 4.74 Å². The highest BCUT2D eigenvalue weighted by Gasteiger charge is 2.23. The van der Waals surface area contributed by atoms with Gasteiger partial charge in [0, 0.05) is 17.0 Å². The van der Waals surface area contributed by atoms with Crippen LogP contribution in [0.5, 0.6) is 5.75 Å². The standard InChI is InChI=1S/C18H20ClNO/c1-3-20-17(14-7-8-16(19)12(2)11-14)15-6-4-5-13-9-10-21-18(13)15/h4-8,11,17,20H,3,9-10H2,1-2H3. The monoisotopic (exact) mass is 301 g/mol. The highest BCUT2D eigenvalue weighted by molar-refractivity contribution is 6.31. The summed E-state index contributed by atoms with van der Waals surface area (Å²) in [4.78, 5) is 0. The maximum atomic E-state index is 6.16. The highest BCUT2D eigenvalue weighted by Crippen LogP contribution is 2.36. The molecule has 110 valence electrons. The van der Waals surface area contributed by atoms with Crippen molar-refractivity contribution in [3.05, 3.63) is 63.7 Å². The number of hydrogen-bond acceptors (Lipinski definition) is 2. The minimum atomic E-state index is 0.138. The summed E-state index contributed by atoms with van der Waals surface area (Å²) in [6.07, 6.45) is 1.00. The first-order chi connectivity index (χ1) is 10.2. The SMILES string of the molecule is CCNC(c1ccc(Cl)c(C)c1)c1cccc2c1OCC2. The van der Waals surface area contributed by atoms with Gasteiger partial charge in [-0.05, 0) is 36.2 Å². The number of nitrogens with one attached hydrogen (secondary N) is 1. The third-order valence-electron chi connectivity index (χ3n) is 3.98. The summed E-state index contributed by atoms with van der Waals surface area (Å²) in [7, 11) is 0. The van der Waals surface area contributed by atoms with E-state index < -0.39 is 0 Å². The maximum absolute atomic E-state index is 6.16. The number of fused-ring (bicyclic) bond motifs is 1. The van der Waals surface area contributed by atoms with E-state index in [1.54, 1.807) is 0 Å². The van der Waals surface area contributed by atoms with Gasteiger partial charge < -0.3 is 10.1 Å². The normalized spacial score (nSPS) is 14.6. The van der Waals surface area contributed by atoms with Gasteiger partial charge in [0.1, 0.15) is 5.75 Å². The number of benzene rings is 2. The molecule has 1 atom stereocenters. The number of halogens is 1. The lowest BCUT2D eigenvalue weighted by molar-refractivity contribution is 0.350. The third-order valence-corrected chi connectivity index (χ3v) is 4.40. The quantitative estimate of drug-likeness (QED) is 0.910. The van der Waals surface area contributed by atoms with Crippen LogP contribution in [0.4, 0.5) is 0 Å². The minimum Gasteiger partial charge on any atom is -0.493 e. The average molecular weight is 302 g/mol. The lowest BCUT2D eigenvalue weighted by atomic mass is 9.95. The zero-order valence-electron chi connectivity index (χ0n) is 12.4. The highest BCUT2D eigenvalue weighted by atomic mass is 35.5. The number of aryl methyl sites for hydroxylation is 1. The summed E-state index contributed by atoms with van der Waals surface area (Å²) in [6.45, 7) is 5.85. The van der Waals surface area contributed by atoms with Gasteiger partial charge in [0.25, 0.3) is 0 Å². The van der Waals surface area contributed by atoms with E-state index in [0.29, 0.717) is 0 Å². The maximum Gasteiger partial charge on any atom is 0.127 e. The van der Waals surface area contributed by atoms with Gasteiger partial charge in [0.2, 0.25) is 0 Å². The molecule has 1 unspecified atom stereocenters. The van der Waals surface area contributed by atoms with Crippen LogP contribution in [0.3, 0.4) is 0 Å². The molecule has 0 saturated heterocycles. The van der Waals surface area contributed by atoms with Crippen LogP contribution in [0, 0.1) is 6.92 Å². The van der Waals surface area contributed by atoms with Crippen LogP contribution in [-0.2, 0) is 6.42 Å². The van der Waals surface area contributed by atoms with Gasteiger partial charge >= 0.3 is 0 Å². The molecule has 2 nitrogen and oxygen atoms in total. The molecule has 3 rings (SSSR count). The predicted octanol–water partition coefficient (Wildman–Crippen LogP) is 4.28. The molecule has 0 spiro atoms. The summed E-state index contributed by atoms with van der Waals surface area (Å²) in [6, 6.07) is 12.8. The first kappa shape index (κ1) is 14.4. The second-order valence-electron chi connectivity index (χ2n) is 5.43. The molecule has 0 saturated carbocycles. The zero-order chi connectivity index (χ0) is 14.8. The summed E-state index contributed by atoms with van der Waals surface area (Å²) in [5.74, 6) is 1.05. The number of para-hydroxylation sites is 1. The molecule has 21 heavy (non-hydrogen) atoms. The summed E-state index contributed by atoms with van der Waals surface area (Å²) in [5, 5.41) is 4.38. The Balaban J connectivity index is 2.06. The van der Waals surface area contributed by atoms with Crippen molar-refractivity contribution in [1.82, 2.24) is 5.32 Å². The van der Waals surface area contributed by atoms with Crippen molar-refractivity contribution in [2.75, 3.05) is 13.2 Å². The summed E-state index contributed by atoms with van der Waals surface area (Å²) in [5.41, 5.74) is 4.85. The topological polar surface area (TPSA) is 21.3 Å². The van der Waals surface area contributed by atoms with E-state index in [1.807, 2.05) is 13.0 Å². The van der Waals surface area contributed by atoms with Gasteiger partial charge in [-0.2, -0.15) is 0 Å². The molecular weight excluding hydrogens is 282 g/mol. The fourth-order valence-electron chi connectivity index (χ4n) is 2.93. The molecule has 2 aromatic carbocycles. The fraction of sp³-hybridized carbons (Fsp3) is 0.333. The molecule has 1 N–H and O–H groups in total. The number of rotatable bonds is 4. The smallest absolute Gasteiger partial charge is 0.127 e. The van der Waals surface area contributed by atoms with Crippen LogP contribution in [0.15, 0.2) is 36.4 Å². The second kappa shape index (κ2) is 6.08. The van der Waals surface area contributed by atoms with Crippen LogP contribution < -0.4 is 10.1 Å². The van der Waals surface area contributed by atoms with Crippen molar-refractivity contribution in [3.63, 3.8) is 0 Å². The molecule has 0 amide bonds. The first-order valence-corrected chi connectivity index (χ1v) is 7.82. The van der Waals surface area contributed by atoms with E-state index in [-0.39, 0.29) is 6.04 Å². The third kappa shape index (κ3) is 2.78. The zero-order valence-corrected chi connectivity index (χ0v) is 13.2. The van der Waals surface area contributed by atoms with Gasteiger partial charge in [0.05, 0.1) is 12.6 Å². The fourth-order valence-corrected chi connectivity index (χ4v) is 3.04. The Morgan fingerprint density at radius 1 is 1.29 bits per heavy atom. The van der Waals surface area contributed by atoms with Crippen LogP contribution in [0.25, 0.3) is 0 Å².